The zero-order chi connectivity index (χ0) is 13.9. The van der Waals surface area contributed by atoms with Crippen LogP contribution in [0, 0.1) is 12.3 Å². The zero-order valence-electron chi connectivity index (χ0n) is 11.5. The molecule has 0 saturated carbocycles. The minimum Gasteiger partial charge on any atom is -0.504 e. The van der Waals surface area contributed by atoms with E-state index in [2.05, 4.69) is 15.6 Å². The third-order valence-electron chi connectivity index (χ3n) is 3.96. The maximum Gasteiger partial charge on any atom is 0.231 e. The van der Waals surface area contributed by atoms with E-state index < -0.39 is 0 Å². The van der Waals surface area contributed by atoms with Gasteiger partial charge in [-0.3, -0.25) is 4.79 Å². The van der Waals surface area contributed by atoms with Gasteiger partial charge in [-0.1, -0.05) is 6.92 Å². The Kier molecular flexibility index (Phi) is 4.04. The molecule has 1 fully saturated rings. The second-order valence-electron chi connectivity index (χ2n) is 5.16. The van der Waals surface area contributed by atoms with Crippen LogP contribution in [0.4, 0.5) is 5.82 Å². The molecule has 1 aromatic rings. The van der Waals surface area contributed by atoms with Gasteiger partial charge in [-0.2, -0.15) is 0 Å². The highest BCUT2D eigenvalue weighted by Gasteiger charge is 2.38. The third-order valence-corrected chi connectivity index (χ3v) is 3.96. The summed E-state index contributed by atoms with van der Waals surface area (Å²) in [6, 6.07) is 3.27. The van der Waals surface area contributed by atoms with Crippen molar-refractivity contribution >= 4 is 11.7 Å². The summed E-state index contributed by atoms with van der Waals surface area (Å²) in [5.74, 6) is 0.236. The first-order valence-corrected chi connectivity index (χ1v) is 6.76. The summed E-state index contributed by atoms with van der Waals surface area (Å²) in [4.78, 5) is 16.7. The van der Waals surface area contributed by atoms with Crippen LogP contribution in [0.25, 0.3) is 0 Å². The molecule has 0 spiro atoms. The first kappa shape index (κ1) is 13.8. The van der Waals surface area contributed by atoms with Crippen LogP contribution in [0.15, 0.2) is 12.1 Å². The van der Waals surface area contributed by atoms with Gasteiger partial charge in [0.15, 0.2) is 11.6 Å². The number of hydrogen-bond donors (Lipinski definition) is 3. The molecule has 5 nitrogen and oxygen atoms in total. The number of aromatic nitrogens is 1. The van der Waals surface area contributed by atoms with E-state index in [9.17, 15) is 9.90 Å². The molecule has 3 N–H and O–H groups in total. The Hall–Kier alpha value is -1.62. The Bertz CT molecular complexity index is 468. The average Bonchev–Trinajstić information content (AvgIpc) is 2.43. The molecule has 0 unspecified atom stereocenters. The van der Waals surface area contributed by atoms with Gasteiger partial charge in [0.05, 0.1) is 5.41 Å². The van der Waals surface area contributed by atoms with E-state index in [-0.39, 0.29) is 22.9 Å². The molecule has 1 saturated heterocycles. The van der Waals surface area contributed by atoms with E-state index in [0.717, 1.165) is 38.0 Å². The molecule has 5 heteroatoms. The maximum absolute atomic E-state index is 12.5. The van der Waals surface area contributed by atoms with Gasteiger partial charge in [0.25, 0.3) is 0 Å². The number of rotatable bonds is 3. The molecule has 1 aromatic heterocycles. The van der Waals surface area contributed by atoms with Crippen LogP contribution in [0.2, 0.25) is 0 Å². The number of pyridine rings is 1. The highest BCUT2D eigenvalue weighted by atomic mass is 16.3. The predicted octanol–water partition coefficient (Wildman–Crippen LogP) is 1.81. The first-order valence-electron chi connectivity index (χ1n) is 6.76. The molecule has 19 heavy (non-hydrogen) atoms. The fourth-order valence-corrected chi connectivity index (χ4v) is 2.53. The number of aromatic hydroxyl groups is 1. The van der Waals surface area contributed by atoms with Crippen LogP contribution < -0.4 is 10.6 Å². The number of carbonyl (C=O) groups excluding carboxylic acids is 1. The molecule has 2 rings (SSSR count). The van der Waals surface area contributed by atoms with Crippen LogP contribution in [0.1, 0.15) is 31.9 Å². The number of anilines is 1. The smallest absolute Gasteiger partial charge is 0.231 e. The number of nitrogens with zero attached hydrogens (tertiary/aromatic N) is 1. The minimum atomic E-state index is -0.344. The third kappa shape index (κ3) is 2.87. The van der Waals surface area contributed by atoms with E-state index in [4.69, 9.17) is 0 Å². The number of carbonyl (C=O) groups is 1. The molecule has 2 heterocycles. The van der Waals surface area contributed by atoms with Crippen molar-refractivity contribution in [2.24, 2.45) is 5.41 Å². The normalized spacial score (nSPS) is 18.0. The van der Waals surface area contributed by atoms with Gasteiger partial charge in [0.2, 0.25) is 5.91 Å². The molecule has 1 aliphatic rings. The molecule has 0 atom stereocenters. The Labute approximate surface area is 113 Å². The van der Waals surface area contributed by atoms with Crippen molar-refractivity contribution in [3.8, 4) is 5.75 Å². The topological polar surface area (TPSA) is 74.2 Å². The molecule has 104 valence electrons. The maximum atomic E-state index is 12.5. The van der Waals surface area contributed by atoms with Crippen LogP contribution in [0.5, 0.6) is 5.75 Å². The molecule has 1 amide bonds. The van der Waals surface area contributed by atoms with Crippen molar-refractivity contribution in [2.75, 3.05) is 18.4 Å². The van der Waals surface area contributed by atoms with Crippen LogP contribution in [-0.2, 0) is 4.79 Å². The van der Waals surface area contributed by atoms with E-state index in [1.54, 1.807) is 12.1 Å². The standard InChI is InChI=1S/C14H21N3O2/c1-3-14(6-8-15-9-7-14)13(19)17-12-11(18)5-4-10(2)16-12/h4-5,15,18H,3,6-9H2,1-2H3,(H,16,17,19). The Balaban J connectivity index is 2.17. The van der Waals surface area contributed by atoms with Crippen LogP contribution in [-0.4, -0.2) is 29.1 Å². The van der Waals surface area contributed by atoms with Crippen molar-refractivity contribution in [3.05, 3.63) is 17.8 Å². The number of nitrogens with one attached hydrogen (secondary N) is 2. The fourth-order valence-electron chi connectivity index (χ4n) is 2.53. The van der Waals surface area contributed by atoms with E-state index in [1.165, 1.54) is 0 Å². The largest absolute Gasteiger partial charge is 0.504 e. The molecule has 1 aliphatic heterocycles. The molecular weight excluding hydrogens is 242 g/mol. The van der Waals surface area contributed by atoms with E-state index in [0.29, 0.717) is 0 Å². The number of amides is 1. The molecule has 0 radical (unpaired) electrons. The first-order chi connectivity index (χ1) is 9.07. The number of hydrogen-bond acceptors (Lipinski definition) is 4. The van der Waals surface area contributed by atoms with Gasteiger partial charge in [-0.15, -0.1) is 0 Å². The SMILES string of the molecule is CCC1(C(=O)Nc2nc(C)ccc2O)CCNCC1. The van der Waals surface area contributed by atoms with Crippen molar-refractivity contribution in [3.63, 3.8) is 0 Å². The Morgan fingerprint density at radius 3 is 2.79 bits per heavy atom. The molecule has 0 aliphatic carbocycles. The van der Waals surface area contributed by atoms with Gasteiger partial charge in [0, 0.05) is 5.69 Å². The lowest BCUT2D eigenvalue weighted by molar-refractivity contribution is -0.127. The van der Waals surface area contributed by atoms with Crippen molar-refractivity contribution in [2.45, 2.75) is 33.1 Å². The highest BCUT2D eigenvalue weighted by Crippen LogP contribution is 2.34. The monoisotopic (exact) mass is 263 g/mol. The summed E-state index contributed by atoms with van der Waals surface area (Å²) in [6.45, 7) is 5.58. The second kappa shape index (κ2) is 5.57. The average molecular weight is 263 g/mol. The van der Waals surface area contributed by atoms with E-state index in [1.807, 2.05) is 13.8 Å². The molecule has 0 bridgehead atoms. The minimum absolute atomic E-state index is 0.0131. The van der Waals surface area contributed by atoms with Crippen LogP contribution >= 0.6 is 0 Å². The lowest BCUT2D eigenvalue weighted by Gasteiger charge is -2.35. The van der Waals surface area contributed by atoms with Gasteiger partial charge >= 0.3 is 0 Å². The molecular formula is C14H21N3O2. The highest BCUT2D eigenvalue weighted by molar-refractivity contribution is 5.95. The number of piperidine rings is 1. The summed E-state index contributed by atoms with van der Waals surface area (Å²) in [6.07, 6.45) is 2.44. The lowest BCUT2D eigenvalue weighted by Crippen LogP contribution is -2.44. The number of aryl methyl sites for hydroxylation is 1. The van der Waals surface area contributed by atoms with Gasteiger partial charge in [0.1, 0.15) is 0 Å². The summed E-state index contributed by atoms with van der Waals surface area (Å²) < 4.78 is 0. The van der Waals surface area contributed by atoms with E-state index >= 15 is 0 Å². The van der Waals surface area contributed by atoms with Crippen molar-refractivity contribution in [1.82, 2.24) is 10.3 Å². The Morgan fingerprint density at radius 2 is 2.16 bits per heavy atom. The summed E-state index contributed by atoms with van der Waals surface area (Å²) in [5.41, 5.74) is 0.423. The fraction of sp³-hybridized carbons (Fsp3) is 0.571. The van der Waals surface area contributed by atoms with Gasteiger partial charge in [-0.05, 0) is 51.4 Å². The van der Waals surface area contributed by atoms with Gasteiger partial charge < -0.3 is 15.7 Å². The molecule has 0 aromatic carbocycles. The lowest BCUT2D eigenvalue weighted by atomic mass is 9.76. The summed E-state index contributed by atoms with van der Waals surface area (Å²) in [5, 5.41) is 15.8. The Morgan fingerprint density at radius 1 is 1.47 bits per heavy atom. The predicted molar refractivity (Wildman–Crippen MR) is 74.1 cm³/mol. The second-order valence-corrected chi connectivity index (χ2v) is 5.16. The van der Waals surface area contributed by atoms with Gasteiger partial charge in [-0.25, -0.2) is 4.98 Å². The zero-order valence-corrected chi connectivity index (χ0v) is 11.5. The van der Waals surface area contributed by atoms with Crippen molar-refractivity contribution in [1.29, 1.82) is 0 Å². The summed E-state index contributed by atoms with van der Waals surface area (Å²) in [7, 11) is 0. The summed E-state index contributed by atoms with van der Waals surface area (Å²) >= 11 is 0. The van der Waals surface area contributed by atoms with Crippen molar-refractivity contribution < 1.29 is 9.90 Å². The van der Waals surface area contributed by atoms with Crippen LogP contribution in [0.3, 0.4) is 0 Å². The quantitative estimate of drug-likeness (QED) is 0.777.